The second-order valence-electron chi connectivity index (χ2n) is 37.5. The molecular weight excluding hydrogens is 1830 g/mol. The van der Waals surface area contributed by atoms with E-state index in [9.17, 15) is 0 Å². The zero-order valence-electron chi connectivity index (χ0n) is 80.9. The fourth-order valence-corrected chi connectivity index (χ4v) is 21.9. The number of aromatic nitrogens is 15. The highest BCUT2D eigenvalue weighted by atomic mass is 15.1. The lowest BCUT2D eigenvalue weighted by Gasteiger charge is -2.11. The molecule has 0 saturated heterocycles. The monoisotopic (exact) mass is 1920 g/mol. The molecule has 15 nitrogen and oxygen atoms in total. The molecule has 150 heavy (non-hydrogen) atoms. The zero-order chi connectivity index (χ0) is 99.1. The standard InChI is InChI=1S/3C45H29N5/c1-4-14-30(15-5-1)43-46-44(31-16-6-2-7-17-31)48-45(47-43)32-24-26-34(27-25-32)50-40-23-13-11-21-36(40)38-28-41-37(29-42(38)50)35-20-10-12-22-39(35)49(41)33-18-8-3-9-19-33;1-4-14-30(15-5-1)43-46-44(31-16-6-2-7-17-31)48-45(47-43)32-24-26-34(27-25-32)49-39-23-13-11-21-37(39)41-40(49)29-28-36-35-20-10-12-22-38(35)50(42(36)41)33-18-8-3-9-19-33;1-4-14-30(15-5-1)43-46-44(31-16-6-2-7-17-31)48-45(47-43)32-24-26-34(27-25-32)50-38-23-13-11-21-36(38)42-40(50)29-28-39-41(42)35-20-10-12-22-37(35)49(39)33-18-8-3-9-19-33/h3*1-29H. The molecule has 0 atom stereocenters. The summed E-state index contributed by atoms with van der Waals surface area (Å²) in [5, 5.41) is 14.8. The van der Waals surface area contributed by atoms with Crippen molar-refractivity contribution in [3.63, 3.8) is 0 Å². The summed E-state index contributed by atoms with van der Waals surface area (Å²) in [7, 11) is 0. The highest BCUT2D eigenvalue weighted by Gasteiger charge is 2.27. The fourth-order valence-electron chi connectivity index (χ4n) is 21.9. The number of fused-ring (bicyclic) bond motifs is 20. The van der Waals surface area contributed by atoms with Gasteiger partial charge in [-0.05, 0) is 176 Å². The minimum atomic E-state index is 0.639. The van der Waals surface area contributed by atoms with Crippen molar-refractivity contribution in [2.45, 2.75) is 0 Å². The maximum atomic E-state index is 4.95. The summed E-state index contributed by atoms with van der Waals surface area (Å²) in [6.45, 7) is 0. The van der Waals surface area contributed by atoms with E-state index in [1.54, 1.807) is 0 Å². The summed E-state index contributed by atoms with van der Waals surface area (Å²) in [5.74, 6) is 5.83. The molecule has 0 aliphatic heterocycles. The smallest absolute Gasteiger partial charge is 0.164 e. The molecule has 0 N–H and O–H groups in total. The van der Waals surface area contributed by atoms with Crippen LogP contribution in [0.15, 0.2) is 528 Å². The van der Waals surface area contributed by atoms with Gasteiger partial charge < -0.3 is 27.4 Å². The summed E-state index contributed by atoms with van der Waals surface area (Å²) in [6, 6.07) is 184. The molecule has 21 aromatic carbocycles. The molecule has 0 aliphatic rings. The molecule has 15 heteroatoms. The van der Waals surface area contributed by atoms with Crippen LogP contribution in [0, 0.1) is 0 Å². The van der Waals surface area contributed by atoms with Crippen LogP contribution in [0.5, 0.6) is 0 Å². The summed E-state index contributed by atoms with van der Waals surface area (Å²) in [4.78, 5) is 44.3. The van der Waals surface area contributed by atoms with E-state index in [2.05, 4.69) is 373 Å². The van der Waals surface area contributed by atoms with Crippen LogP contribution >= 0.6 is 0 Å². The third-order valence-corrected chi connectivity index (χ3v) is 28.7. The van der Waals surface area contributed by atoms with Gasteiger partial charge >= 0.3 is 0 Å². The Morgan fingerprint density at radius 1 is 0.107 bits per heavy atom. The third-order valence-electron chi connectivity index (χ3n) is 28.7. The van der Waals surface area contributed by atoms with E-state index >= 15 is 0 Å². The molecule has 9 aromatic heterocycles. The number of para-hydroxylation sites is 9. The van der Waals surface area contributed by atoms with Crippen LogP contribution < -0.4 is 0 Å². The van der Waals surface area contributed by atoms with Gasteiger partial charge in [0.25, 0.3) is 0 Å². The van der Waals surface area contributed by atoms with Crippen LogP contribution in [0.4, 0.5) is 0 Å². The zero-order valence-corrected chi connectivity index (χ0v) is 80.9. The van der Waals surface area contributed by atoms with E-state index in [1.807, 2.05) is 182 Å². The lowest BCUT2D eigenvalue weighted by Crippen LogP contribution is -2.00. The maximum absolute atomic E-state index is 4.95. The largest absolute Gasteiger partial charge is 0.309 e. The van der Waals surface area contributed by atoms with E-state index in [4.69, 9.17) is 44.9 Å². The normalized spacial score (nSPS) is 11.6. The van der Waals surface area contributed by atoms with Crippen LogP contribution in [0.3, 0.4) is 0 Å². The van der Waals surface area contributed by atoms with Gasteiger partial charge in [0, 0.05) is 149 Å². The molecule has 702 valence electrons. The van der Waals surface area contributed by atoms with Gasteiger partial charge in [-0.1, -0.05) is 352 Å². The van der Waals surface area contributed by atoms with Crippen molar-refractivity contribution in [1.82, 2.24) is 72.3 Å². The van der Waals surface area contributed by atoms with Crippen LogP contribution in [0.25, 0.3) is 267 Å². The predicted octanol–water partition coefficient (Wildman–Crippen LogP) is 33.2. The third kappa shape index (κ3) is 15.3. The van der Waals surface area contributed by atoms with Gasteiger partial charge in [0.05, 0.1) is 66.2 Å². The molecule has 9 heterocycles. The Balaban J connectivity index is 0.000000108. The molecule has 0 fully saturated rings. The van der Waals surface area contributed by atoms with Crippen LogP contribution in [0.2, 0.25) is 0 Å². The molecule has 0 amide bonds. The van der Waals surface area contributed by atoms with E-state index in [-0.39, 0.29) is 0 Å². The summed E-state index contributed by atoms with van der Waals surface area (Å²) in [6.07, 6.45) is 0. The summed E-state index contributed by atoms with van der Waals surface area (Å²) < 4.78 is 14.3. The first-order valence-electron chi connectivity index (χ1n) is 50.4. The fraction of sp³-hybridized carbons (Fsp3) is 0. The van der Waals surface area contributed by atoms with Crippen molar-refractivity contribution in [2.75, 3.05) is 0 Å². The summed E-state index contributed by atoms with van der Waals surface area (Å²) >= 11 is 0. The van der Waals surface area contributed by atoms with Crippen molar-refractivity contribution in [2.24, 2.45) is 0 Å². The lowest BCUT2D eigenvalue weighted by molar-refractivity contribution is 1.07. The average Bonchev–Trinajstić information content (AvgIpc) is 1.58. The Labute approximate surface area is 861 Å². The van der Waals surface area contributed by atoms with Gasteiger partial charge in [-0.25, -0.2) is 44.9 Å². The maximum Gasteiger partial charge on any atom is 0.164 e. The Morgan fingerprint density at radius 2 is 0.287 bits per heavy atom. The van der Waals surface area contributed by atoms with E-state index in [0.29, 0.717) is 52.4 Å². The Kier molecular flexibility index (Phi) is 21.5. The molecule has 0 saturated carbocycles. The topological polar surface area (TPSA) is 146 Å². The van der Waals surface area contributed by atoms with Gasteiger partial charge in [0.1, 0.15) is 0 Å². The Bertz CT molecular complexity index is 10000. The van der Waals surface area contributed by atoms with Gasteiger partial charge in [0.15, 0.2) is 52.4 Å². The van der Waals surface area contributed by atoms with Crippen molar-refractivity contribution < 1.29 is 0 Å². The first-order chi connectivity index (χ1) is 74.4. The molecule has 0 aliphatic carbocycles. The number of nitrogens with zero attached hydrogens (tertiary/aromatic N) is 15. The molecule has 30 rings (SSSR count). The average molecular weight is 1920 g/mol. The molecular formula is C135H87N15. The lowest BCUT2D eigenvalue weighted by atomic mass is 10.1. The minimum Gasteiger partial charge on any atom is -0.309 e. The quantitative estimate of drug-likeness (QED) is 0.0979. The van der Waals surface area contributed by atoms with Crippen molar-refractivity contribution in [3.05, 3.63) is 528 Å². The first-order valence-corrected chi connectivity index (χ1v) is 50.4. The highest BCUT2D eigenvalue weighted by Crippen LogP contribution is 2.48. The number of benzene rings is 21. The van der Waals surface area contributed by atoms with Crippen molar-refractivity contribution >= 4 is 131 Å². The number of hydrogen-bond donors (Lipinski definition) is 0. The van der Waals surface area contributed by atoms with Gasteiger partial charge in [-0.3, -0.25) is 0 Å². The summed E-state index contributed by atoms with van der Waals surface area (Å²) in [5.41, 5.74) is 29.4. The SMILES string of the molecule is c1ccc(-c2nc(-c3ccccc3)nc(-c3ccc(-n4c5ccccc5c5c4ccc4c6ccccc6n(-c6ccccc6)c45)cc3)n2)cc1.c1ccc(-c2nc(-c3ccccc3)nc(-c3ccc(-n4c5ccccc5c5c6c7ccccc7n(-c7ccccc7)c6ccc54)cc3)n2)cc1.c1ccc(-c2nc(-c3ccccc3)nc(-c3ccc(-n4c5ccccc5c5cc6c(cc54)c4ccccc4n6-c4ccccc4)cc3)n2)cc1. The first kappa shape index (κ1) is 87.3. The highest BCUT2D eigenvalue weighted by molar-refractivity contribution is 6.30. The van der Waals surface area contributed by atoms with Crippen molar-refractivity contribution in [1.29, 1.82) is 0 Å². The number of rotatable bonds is 15. The van der Waals surface area contributed by atoms with Crippen LogP contribution in [-0.2, 0) is 0 Å². The molecule has 0 spiro atoms. The Morgan fingerprint density at radius 3 is 0.560 bits per heavy atom. The predicted molar refractivity (Wildman–Crippen MR) is 614 cm³/mol. The van der Waals surface area contributed by atoms with E-state index < -0.39 is 0 Å². The molecule has 0 bridgehead atoms. The molecule has 0 unspecified atom stereocenters. The van der Waals surface area contributed by atoms with Crippen molar-refractivity contribution in [3.8, 4) is 137 Å². The second kappa shape index (κ2) is 37.0. The van der Waals surface area contributed by atoms with Gasteiger partial charge in [-0.15, -0.1) is 0 Å². The van der Waals surface area contributed by atoms with Crippen LogP contribution in [-0.4, -0.2) is 72.3 Å². The number of hydrogen-bond acceptors (Lipinski definition) is 9. The van der Waals surface area contributed by atoms with Gasteiger partial charge in [-0.2, -0.15) is 0 Å². The molecule has 30 aromatic rings. The van der Waals surface area contributed by atoms with E-state index in [1.165, 1.54) is 109 Å². The molecule has 0 radical (unpaired) electrons. The van der Waals surface area contributed by atoms with E-state index in [0.717, 1.165) is 106 Å². The second-order valence-corrected chi connectivity index (χ2v) is 37.5. The van der Waals surface area contributed by atoms with Gasteiger partial charge in [0.2, 0.25) is 0 Å². The Hall–Kier alpha value is -20.6. The van der Waals surface area contributed by atoms with Crippen LogP contribution in [0.1, 0.15) is 0 Å². The minimum absolute atomic E-state index is 0.639.